The van der Waals surface area contributed by atoms with Gasteiger partial charge in [-0.2, -0.15) is 5.26 Å². The minimum absolute atomic E-state index is 0.328. The predicted molar refractivity (Wildman–Crippen MR) is 110 cm³/mol. The Morgan fingerprint density at radius 1 is 1.00 bits per heavy atom. The highest BCUT2D eigenvalue weighted by molar-refractivity contribution is 6.26. The summed E-state index contributed by atoms with van der Waals surface area (Å²) in [6.07, 6.45) is 4.28. The highest BCUT2D eigenvalue weighted by atomic mass is 16.5. The van der Waals surface area contributed by atoms with Crippen molar-refractivity contribution in [1.82, 2.24) is 0 Å². The molecular formula is C24H27NO2. The van der Waals surface area contributed by atoms with Crippen LogP contribution in [0.5, 0.6) is 0 Å². The predicted octanol–water partition coefficient (Wildman–Crippen LogP) is 5.88. The monoisotopic (exact) mass is 361 g/mol. The van der Waals surface area contributed by atoms with Crippen LogP contribution in [-0.4, -0.2) is 12.6 Å². The lowest BCUT2D eigenvalue weighted by atomic mass is 9.95. The fraction of sp³-hybridized carbons (Fsp3) is 0.333. The summed E-state index contributed by atoms with van der Waals surface area (Å²) in [6.45, 7) is 4.67. The number of nitrogens with zero attached hydrogens (tertiary/aromatic N) is 1. The second-order valence-corrected chi connectivity index (χ2v) is 6.61. The Labute approximate surface area is 162 Å². The number of ether oxygens (including phenoxy) is 1. The van der Waals surface area contributed by atoms with E-state index in [4.69, 9.17) is 4.74 Å². The van der Waals surface area contributed by atoms with Crippen LogP contribution >= 0.6 is 0 Å². The number of rotatable bonds is 9. The van der Waals surface area contributed by atoms with Crippen molar-refractivity contribution in [3.8, 4) is 6.07 Å². The molecule has 0 aliphatic heterocycles. The quantitative estimate of drug-likeness (QED) is 0.242. The minimum atomic E-state index is -0.434. The Kier molecular flexibility index (Phi) is 8.32. The Bertz CT molecular complexity index is 788. The van der Waals surface area contributed by atoms with Gasteiger partial charge in [0.2, 0.25) is 0 Å². The van der Waals surface area contributed by atoms with Crippen LogP contribution in [0.3, 0.4) is 0 Å². The third-order valence-corrected chi connectivity index (χ3v) is 4.68. The molecule has 0 fully saturated rings. The highest BCUT2D eigenvalue weighted by Crippen LogP contribution is 2.27. The van der Waals surface area contributed by atoms with E-state index in [0.717, 1.165) is 25.7 Å². The van der Waals surface area contributed by atoms with E-state index in [1.165, 1.54) is 0 Å². The summed E-state index contributed by atoms with van der Waals surface area (Å²) in [5.74, 6) is -0.0789. The molecule has 2 aromatic rings. The molecule has 3 heteroatoms. The normalized spacial score (nSPS) is 12.6. The lowest BCUT2D eigenvalue weighted by Crippen LogP contribution is -2.16. The van der Waals surface area contributed by atoms with Crippen LogP contribution in [0.1, 0.15) is 50.7 Å². The molecule has 0 saturated heterocycles. The van der Waals surface area contributed by atoms with Crippen LogP contribution in [-0.2, 0) is 9.53 Å². The van der Waals surface area contributed by atoms with E-state index in [2.05, 4.69) is 19.9 Å². The first-order chi connectivity index (χ1) is 13.2. The largest absolute Gasteiger partial charge is 0.462 e. The number of hydrogen-bond acceptors (Lipinski definition) is 3. The molecule has 0 heterocycles. The van der Waals surface area contributed by atoms with Crippen LogP contribution in [0.25, 0.3) is 11.1 Å². The molecule has 1 unspecified atom stereocenters. The molecule has 2 rings (SSSR count). The molecule has 1 atom stereocenters. The smallest absolute Gasteiger partial charge is 0.340 e. The average molecular weight is 361 g/mol. The van der Waals surface area contributed by atoms with Gasteiger partial charge in [0, 0.05) is 0 Å². The Hall–Kier alpha value is -2.86. The summed E-state index contributed by atoms with van der Waals surface area (Å²) >= 11 is 0. The van der Waals surface area contributed by atoms with Crippen molar-refractivity contribution in [1.29, 1.82) is 5.26 Å². The summed E-state index contributed by atoms with van der Waals surface area (Å²) in [5.41, 5.74) is 2.08. The van der Waals surface area contributed by atoms with Gasteiger partial charge < -0.3 is 4.74 Å². The Morgan fingerprint density at radius 2 is 1.59 bits per heavy atom. The molecule has 0 spiro atoms. The van der Waals surface area contributed by atoms with Gasteiger partial charge in [-0.05, 0) is 23.5 Å². The van der Waals surface area contributed by atoms with E-state index in [1.54, 1.807) is 0 Å². The maximum absolute atomic E-state index is 13.0. The standard InChI is InChI=1S/C24H27NO2/c1-3-5-12-19(4-2)18-27-24(26)23(21-15-10-7-11-16-21)22(17-25)20-13-8-6-9-14-20/h6-11,13-16,19H,3-5,12,18H2,1-2H3/b23-22-. The molecule has 27 heavy (non-hydrogen) atoms. The van der Waals surface area contributed by atoms with Gasteiger partial charge in [-0.1, -0.05) is 93.8 Å². The van der Waals surface area contributed by atoms with Gasteiger partial charge in [-0.25, -0.2) is 4.79 Å². The first-order valence-corrected chi connectivity index (χ1v) is 9.63. The number of allylic oxidation sites excluding steroid dienone is 1. The van der Waals surface area contributed by atoms with Gasteiger partial charge >= 0.3 is 5.97 Å². The summed E-state index contributed by atoms with van der Waals surface area (Å²) in [4.78, 5) is 13.0. The lowest BCUT2D eigenvalue weighted by molar-refractivity contribution is -0.138. The minimum Gasteiger partial charge on any atom is -0.462 e. The summed E-state index contributed by atoms with van der Waals surface area (Å²) < 4.78 is 5.67. The SMILES string of the molecule is CCCCC(CC)COC(=O)/C(=C(/C#N)c1ccccc1)c1ccccc1. The molecule has 3 nitrogen and oxygen atoms in total. The van der Waals surface area contributed by atoms with Crippen molar-refractivity contribution in [2.24, 2.45) is 5.92 Å². The Balaban J connectivity index is 2.35. The van der Waals surface area contributed by atoms with E-state index in [9.17, 15) is 10.1 Å². The molecule has 0 aromatic heterocycles. The second-order valence-electron chi connectivity index (χ2n) is 6.61. The van der Waals surface area contributed by atoms with Gasteiger partial charge in [-0.15, -0.1) is 0 Å². The molecule has 140 valence electrons. The molecule has 0 N–H and O–H groups in total. The number of benzene rings is 2. The van der Waals surface area contributed by atoms with Crippen molar-refractivity contribution < 1.29 is 9.53 Å². The molecular weight excluding hydrogens is 334 g/mol. The molecule has 0 aliphatic rings. The number of carbonyl (C=O) groups is 1. The molecule has 0 saturated carbocycles. The first kappa shape index (κ1) is 20.5. The zero-order valence-corrected chi connectivity index (χ0v) is 16.2. The van der Waals surface area contributed by atoms with Gasteiger partial charge in [0.25, 0.3) is 0 Å². The Morgan fingerprint density at radius 3 is 2.11 bits per heavy atom. The molecule has 0 aliphatic carbocycles. The molecule has 0 bridgehead atoms. The van der Waals surface area contributed by atoms with Crippen LogP contribution in [0.4, 0.5) is 0 Å². The fourth-order valence-electron chi connectivity index (χ4n) is 3.00. The zero-order valence-electron chi connectivity index (χ0n) is 16.2. The van der Waals surface area contributed by atoms with Crippen LogP contribution in [0.2, 0.25) is 0 Å². The van der Waals surface area contributed by atoms with Crippen molar-refractivity contribution in [3.63, 3.8) is 0 Å². The van der Waals surface area contributed by atoms with E-state index < -0.39 is 5.97 Å². The zero-order chi connectivity index (χ0) is 19.5. The number of unbranched alkanes of at least 4 members (excludes halogenated alkanes) is 1. The summed E-state index contributed by atoms with van der Waals surface area (Å²) in [7, 11) is 0. The van der Waals surface area contributed by atoms with Crippen LogP contribution in [0, 0.1) is 17.2 Å². The lowest BCUT2D eigenvalue weighted by Gasteiger charge is -2.16. The average Bonchev–Trinajstić information content (AvgIpc) is 2.73. The number of carbonyl (C=O) groups excluding carboxylic acids is 1. The third-order valence-electron chi connectivity index (χ3n) is 4.68. The van der Waals surface area contributed by atoms with Crippen molar-refractivity contribution in [2.75, 3.05) is 6.61 Å². The molecule has 2 aromatic carbocycles. The number of hydrogen-bond donors (Lipinski definition) is 0. The highest BCUT2D eigenvalue weighted by Gasteiger charge is 2.21. The topological polar surface area (TPSA) is 50.1 Å². The summed E-state index contributed by atoms with van der Waals surface area (Å²) in [6, 6.07) is 20.8. The van der Waals surface area contributed by atoms with E-state index >= 15 is 0 Å². The van der Waals surface area contributed by atoms with Gasteiger partial charge in [0.05, 0.1) is 17.8 Å². The van der Waals surface area contributed by atoms with Crippen LogP contribution in [0.15, 0.2) is 60.7 Å². The number of nitriles is 1. The van der Waals surface area contributed by atoms with E-state index in [-0.39, 0.29) is 0 Å². The van der Waals surface area contributed by atoms with Gasteiger partial charge in [-0.3, -0.25) is 0 Å². The van der Waals surface area contributed by atoms with Gasteiger partial charge in [0.1, 0.15) is 6.07 Å². The van der Waals surface area contributed by atoms with E-state index in [0.29, 0.717) is 34.8 Å². The molecule has 0 amide bonds. The van der Waals surface area contributed by atoms with Crippen molar-refractivity contribution >= 4 is 17.1 Å². The van der Waals surface area contributed by atoms with E-state index in [1.807, 2.05) is 60.7 Å². The van der Waals surface area contributed by atoms with Crippen LogP contribution < -0.4 is 0 Å². The molecule has 0 radical (unpaired) electrons. The maximum atomic E-state index is 13.0. The van der Waals surface area contributed by atoms with Gasteiger partial charge in [0.15, 0.2) is 0 Å². The fourth-order valence-corrected chi connectivity index (χ4v) is 3.00. The second kappa shape index (κ2) is 11.0. The maximum Gasteiger partial charge on any atom is 0.340 e. The third kappa shape index (κ3) is 5.82. The van der Waals surface area contributed by atoms with Crippen molar-refractivity contribution in [3.05, 3.63) is 71.8 Å². The summed E-state index contributed by atoms with van der Waals surface area (Å²) in [5, 5.41) is 9.78. The van der Waals surface area contributed by atoms with Crippen molar-refractivity contribution in [2.45, 2.75) is 39.5 Å². The number of esters is 1. The first-order valence-electron chi connectivity index (χ1n) is 9.63.